The molecule has 0 aliphatic rings. The number of unbranched alkanes of at least 4 members (excludes halogenated alkanes) is 20. The molecule has 2 unspecified atom stereocenters. The third kappa shape index (κ3) is 28.4. The lowest BCUT2D eigenvalue weighted by Gasteiger charge is -2.22. The van der Waals surface area contributed by atoms with Gasteiger partial charge in [-0.1, -0.05) is 154 Å². The molecule has 0 aromatic carbocycles. The van der Waals surface area contributed by atoms with Crippen molar-refractivity contribution in [2.75, 3.05) is 6.61 Å². The van der Waals surface area contributed by atoms with Crippen LogP contribution in [-0.4, -0.2) is 34.9 Å². The molecule has 0 radical (unpaired) electrons. The zero-order valence-corrected chi connectivity index (χ0v) is 26.9. The topological polar surface area (TPSA) is 69.6 Å². The average Bonchev–Trinajstić information content (AvgIpc) is 2.96. The number of rotatable bonds is 31. The zero-order valence-electron chi connectivity index (χ0n) is 26.9. The molecule has 3 N–H and O–H groups in total. The lowest BCUT2D eigenvalue weighted by atomic mass is 10.0. The summed E-state index contributed by atoms with van der Waals surface area (Å²) in [5.74, 6) is -0.0471. The maximum Gasteiger partial charge on any atom is 0.220 e. The van der Waals surface area contributed by atoms with Crippen molar-refractivity contribution in [3.63, 3.8) is 0 Å². The van der Waals surface area contributed by atoms with Crippen molar-refractivity contribution in [2.24, 2.45) is 0 Å². The van der Waals surface area contributed by atoms with Gasteiger partial charge in [0, 0.05) is 6.42 Å². The minimum Gasteiger partial charge on any atom is -0.394 e. The van der Waals surface area contributed by atoms with E-state index in [1.54, 1.807) is 0 Å². The molecule has 0 bridgehead atoms. The first-order valence-electron chi connectivity index (χ1n) is 17.5. The second-order valence-corrected chi connectivity index (χ2v) is 11.9. The van der Waals surface area contributed by atoms with Gasteiger partial charge in [0.2, 0.25) is 5.91 Å². The molecule has 0 saturated carbocycles. The molecule has 0 rings (SSSR count). The van der Waals surface area contributed by atoms with Gasteiger partial charge in [0.05, 0.1) is 18.8 Å². The summed E-state index contributed by atoms with van der Waals surface area (Å²) in [6, 6.07) is -0.539. The fourth-order valence-electron chi connectivity index (χ4n) is 5.21. The highest BCUT2D eigenvalue weighted by Gasteiger charge is 2.19. The lowest BCUT2D eigenvalue weighted by Crippen LogP contribution is -2.45. The molecule has 1 amide bonds. The van der Waals surface area contributed by atoms with E-state index in [2.05, 4.69) is 43.5 Å². The third-order valence-electron chi connectivity index (χ3n) is 7.97. The minimum absolute atomic E-state index is 0.0471. The van der Waals surface area contributed by atoms with E-state index in [1.807, 2.05) is 0 Å². The van der Waals surface area contributed by atoms with E-state index < -0.39 is 12.1 Å². The van der Waals surface area contributed by atoms with Crippen LogP contribution in [0.5, 0.6) is 0 Å². The molecule has 4 heteroatoms. The molecule has 40 heavy (non-hydrogen) atoms. The standard InChI is InChI=1S/C36H69NO3/c1-3-5-7-9-11-13-15-17-18-19-20-22-24-26-28-30-32-36(40)37-34(33-38)35(39)31-29-27-25-23-21-16-14-12-10-8-6-4-2/h13,15,18-19,34-35,38-39H,3-12,14,16-17,20-33H2,1-2H3,(H,37,40)/b15-13-,19-18-. The van der Waals surface area contributed by atoms with Crippen LogP contribution in [0.4, 0.5) is 0 Å². The van der Waals surface area contributed by atoms with Crippen molar-refractivity contribution in [2.45, 2.75) is 193 Å². The van der Waals surface area contributed by atoms with Gasteiger partial charge in [-0.15, -0.1) is 0 Å². The first-order valence-corrected chi connectivity index (χ1v) is 17.5. The summed E-state index contributed by atoms with van der Waals surface area (Å²) >= 11 is 0. The number of allylic oxidation sites excluding steroid dienone is 4. The smallest absolute Gasteiger partial charge is 0.220 e. The predicted octanol–water partition coefficient (Wildman–Crippen LogP) is 10.1. The number of hydrogen-bond acceptors (Lipinski definition) is 3. The maximum atomic E-state index is 12.3. The molecule has 0 aliphatic heterocycles. The Bertz CT molecular complexity index is 574. The van der Waals surface area contributed by atoms with E-state index in [9.17, 15) is 15.0 Å². The SMILES string of the molecule is CCCCCC/C=C\C/C=C\CCCCCCCC(=O)NC(CO)C(O)CCCCCCCCCCCCCC. The van der Waals surface area contributed by atoms with Crippen LogP contribution in [0.15, 0.2) is 24.3 Å². The van der Waals surface area contributed by atoms with Crippen molar-refractivity contribution < 1.29 is 15.0 Å². The number of aliphatic hydroxyl groups excluding tert-OH is 2. The highest BCUT2D eigenvalue weighted by molar-refractivity contribution is 5.76. The summed E-state index contributed by atoms with van der Waals surface area (Å²) in [5, 5.41) is 23.0. The summed E-state index contributed by atoms with van der Waals surface area (Å²) in [6.45, 7) is 4.31. The Morgan fingerprint density at radius 2 is 1.02 bits per heavy atom. The fraction of sp³-hybridized carbons (Fsp3) is 0.861. The van der Waals surface area contributed by atoms with Crippen molar-refractivity contribution in [3.8, 4) is 0 Å². The van der Waals surface area contributed by atoms with Gasteiger partial charge in [-0.05, 0) is 44.9 Å². The van der Waals surface area contributed by atoms with Crippen LogP contribution in [0.25, 0.3) is 0 Å². The van der Waals surface area contributed by atoms with E-state index in [1.165, 1.54) is 109 Å². The summed E-state index contributed by atoms with van der Waals surface area (Å²) in [5.41, 5.74) is 0. The molecule has 236 valence electrons. The molecule has 4 nitrogen and oxygen atoms in total. The normalized spacial score (nSPS) is 13.4. The third-order valence-corrected chi connectivity index (χ3v) is 7.97. The van der Waals surface area contributed by atoms with Crippen molar-refractivity contribution >= 4 is 5.91 Å². The summed E-state index contributed by atoms with van der Waals surface area (Å²) in [4.78, 5) is 12.3. The number of carbonyl (C=O) groups is 1. The molecule has 0 spiro atoms. The van der Waals surface area contributed by atoms with Crippen LogP contribution in [0.3, 0.4) is 0 Å². The van der Waals surface area contributed by atoms with Crippen LogP contribution < -0.4 is 5.32 Å². The first kappa shape index (κ1) is 38.9. The lowest BCUT2D eigenvalue weighted by molar-refractivity contribution is -0.123. The van der Waals surface area contributed by atoms with Gasteiger partial charge in [0.1, 0.15) is 0 Å². The maximum absolute atomic E-state index is 12.3. The van der Waals surface area contributed by atoms with Crippen molar-refractivity contribution in [1.29, 1.82) is 0 Å². The fourth-order valence-corrected chi connectivity index (χ4v) is 5.21. The number of nitrogens with one attached hydrogen (secondary N) is 1. The average molecular weight is 564 g/mol. The first-order chi connectivity index (χ1) is 19.7. The molecule has 0 aromatic heterocycles. The highest BCUT2D eigenvalue weighted by Crippen LogP contribution is 2.14. The van der Waals surface area contributed by atoms with Crippen LogP contribution in [-0.2, 0) is 4.79 Å². The second-order valence-electron chi connectivity index (χ2n) is 11.9. The summed E-state index contributed by atoms with van der Waals surface area (Å²) < 4.78 is 0. The molecule has 2 atom stereocenters. The quantitative estimate of drug-likeness (QED) is 0.0580. The Labute approximate surface area is 249 Å². The number of amides is 1. The molecule has 0 saturated heterocycles. The van der Waals surface area contributed by atoms with Gasteiger partial charge < -0.3 is 15.5 Å². The molecule has 0 heterocycles. The van der Waals surface area contributed by atoms with Crippen molar-refractivity contribution in [3.05, 3.63) is 24.3 Å². The number of hydrogen-bond donors (Lipinski definition) is 3. The molecular weight excluding hydrogens is 494 g/mol. The number of aliphatic hydroxyl groups is 2. The zero-order chi connectivity index (χ0) is 29.4. The Balaban J connectivity index is 3.61. The van der Waals surface area contributed by atoms with Gasteiger partial charge >= 0.3 is 0 Å². The van der Waals surface area contributed by atoms with Crippen LogP contribution in [0, 0.1) is 0 Å². The Hall–Kier alpha value is -1.13. The second kappa shape index (κ2) is 32.4. The molecule has 0 fully saturated rings. The van der Waals surface area contributed by atoms with Crippen LogP contribution >= 0.6 is 0 Å². The summed E-state index contributed by atoms with van der Waals surface area (Å²) in [7, 11) is 0. The summed E-state index contributed by atoms with van der Waals surface area (Å²) in [6.07, 6.45) is 39.3. The van der Waals surface area contributed by atoms with Gasteiger partial charge in [-0.25, -0.2) is 0 Å². The highest BCUT2D eigenvalue weighted by atomic mass is 16.3. The van der Waals surface area contributed by atoms with E-state index in [4.69, 9.17) is 0 Å². The van der Waals surface area contributed by atoms with Gasteiger partial charge in [0.25, 0.3) is 0 Å². The molecule has 0 aromatic rings. The van der Waals surface area contributed by atoms with E-state index in [-0.39, 0.29) is 12.5 Å². The van der Waals surface area contributed by atoms with Gasteiger partial charge in [0.15, 0.2) is 0 Å². The van der Waals surface area contributed by atoms with Gasteiger partial charge in [-0.2, -0.15) is 0 Å². The predicted molar refractivity (Wildman–Crippen MR) is 175 cm³/mol. The van der Waals surface area contributed by atoms with Crippen LogP contribution in [0.2, 0.25) is 0 Å². The van der Waals surface area contributed by atoms with E-state index >= 15 is 0 Å². The molecular formula is C36H69NO3. The monoisotopic (exact) mass is 564 g/mol. The van der Waals surface area contributed by atoms with Gasteiger partial charge in [-0.3, -0.25) is 4.79 Å². The van der Waals surface area contributed by atoms with Crippen LogP contribution in [0.1, 0.15) is 181 Å². The van der Waals surface area contributed by atoms with Crippen molar-refractivity contribution in [1.82, 2.24) is 5.32 Å². The van der Waals surface area contributed by atoms with E-state index in [0.29, 0.717) is 12.8 Å². The van der Waals surface area contributed by atoms with E-state index in [0.717, 1.165) is 44.9 Å². The Morgan fingerprint density at radius 3 is 1.52 bits per heavy atom. The Morgan fingerprint density at radius 1 is 0.600 bits per heavy atom. The number of carbonyl (C=O) groups excluding carboxylic acids is 1. The molecule has 0 aliphatic carbocycles. The Kier molecular flexibility index (Phi) is 31.5. The largest absolute Gasteiger partial charge is 0.394 e. The minimum atomic E-state index is -0.661.